The summed E-state index contributed by atoms with van der Waals surface area (Å²) < 4.78 is 0. The number of likely N-dealkylation sites (tertiary alicyclic amines) is 1. The number of hydrogen-bond acceptors (Lipinski definition) is 4. The molecule has 2 fully saturated rings. The molecule has 0 radical (unpaired) electrons. The topological polar surface area (TPSA) is 56.3 Å². The molecule has 102 valence electrons. The number of nitrogens with two attached hydrogens (primary N) is 1. The minimum absolute atomic E-state index is 0.440. The summed E-state index contributed by atoms with van der Waals surface area (Å²) in [7, 11) is 0. The van der Waals surface area contributed by atoms with Gasteiger partial charge in [-0.05, 0) is 44.8 Å². The summed E-state index contributed by atoms with van der Waals surface area (Å²) in [6.07, 6.45) is 3.49. The minimum atomic E-state index is -0.599. The van der Waals surface area contributed by atoms with E-state index in [-0.39, 0.29) is 0 Å². The molecule has 1 saturated carbocycles. The Morgan fingerprint density at radius 3 is 2.50 bits per heavy atom. The van der Waals surface area contributed by atoms with E-state index < -0.39 is 5.54 Å². The summed E-state index contributed by atoms with van der Waals surface area (Å²) in [6.45, 7) is 9.60. The van der Waals surface area contributed by atoms with Gasteiger partial charge in [0.15, 0.2) is 0 Å². The van der Waals surface area contributed by atoms with Gasteiger partial charge in [0.1, 0.15) is 5.54 Å². The van der Waals surface area contributed by atoms with Crippen LogP contribution in [0, 0.1) is 17.2 Å². The highest BCUT2D eigenvalue weighted by Crippen LogP contribution is 2.38. The van der Waals surface area contributed by atoms with E-state index >= 15 is 0 Å². The van der Waals surface area contributed by atoms with Crippen molar-refractivity contribution in [3.63, 3.8) is 0 Å². The maximum absolute atomic E-state index is 9.31. The molecule has 1 saturated heterocycles. The molecule has 0 amide bonds. The summed E-state index contributed by atoms with van der Waals surface area (Å²) in [5, 5.41) is 9.31. The molecule has 2 N–H and O–H groups in total. The van der Waals surface area contributed by atoms with Crippen LogP contribution in [0.3, 0.4) is 0 Å². The van der Waals surface area contributed by atoms with Crippen molar-refractivity contribution >= 4 is 0 Å². The molecule has 18 heavy (non-hydrogen) atoms. The summed E-state index contributed by atoms with van der Waals surface area (Å²) in [6, 6.07) is 3.02. The zero-order chi connectivity index (χ0) is 13.2. The first kappa shape index (κ1) is 13.8. The third-order valence-electron chi connectivity index (χ3n) is 4.58. The van der Waals surface area contributed by atoms with Crippen molar-refractivity contribution < 1.29 is 0 Å². The molecule has 0 bridgehead atoms. The number of rotatable bonds is 6. The Morgan fingerprint density at radius 2 is 2.00 bits per heavy atom. The highest BCUT2D eigenvalue weighted by Gasteiger charge is 2.44. The minimum Gasteiger partial charge on any atom is -0.312 e. The lowest BCUT2D eigenvalue weighted by Crippen LogP contribution is -2.51. The lowest BCUT2D eigenvalue weighted by Gasteiger charge is -2.29. The van der Waals surface area contributed by atoms with Crippen LogP contribution in [0.1, 0.15) is 33.1 Å². The van der Waals surface area contributed by atoms with E-state index in [1.807, 2.05) is 0 Å². The third kappa shape index (κ3) is 2.85. The maximum atomic E-state index is 9.31. The van der Waals surface area contributed by atoms with Crippen LogP contribution in [0.15, 0.2) is 0 Å². The van der Waals surface area contributed by atoms with Gasteiger partial charge in [-0.15, -0.1) is 0 Å². The van der Waals surface area contributed by atoms with Crippen molar-refractivity contribution in [3.8, 4) is 6.07 Å². The fraction of sp³-hybridized carbons (Fsp3) is 0.929. The first-order valence-electron chi connectivity index (χ1n) is 7.29. The van der Waals surface area contributed by atoms with E-state index in [0.717, 1.165) is 45.6 Å². The molecule has 4 nitrogen and oxygen atoms in total. The van der Waals surface area contributed by atoms with E-state index in [1.54, 1.807) is 0 Å². The lowest BCUT2D eigenvalue weighted by atomic mass is 9.96. The Hall–Kier alpha value is -0.630. The van der Waals surface area contributed by atoms with E-state index in [1.165, 1.54) is 6.42 Å². The molecular formula is C14H26N4. The number of hydrogen-bond donors (Lipinski definition) is 1. The fourth-order valence-electron chi connectivity index (χ4n) is 3.22. The van der Waals surface area contributed by atoms with Gasteiger partial charge in [0, 0.05) is 19.1 Å². The van der Waals surface area contributed by atoms with Crippen molar-refractivity contribution in [2.45, 2.75) is 44.7 Å². The van der Waals surface area contributed by atoms with Gasteiger partial charge in [0.05, 0.1) is 6.07 Å². The predicted molar refractivity (Wildman–Crippen MR) is 73.0 cm³/mol. The molecule has 1 aliphatic carbocycles. The van der Waals surface area contributed by atoms with Crippen molar-refractivity contribution in [2.24, 2.45) is 11.7 Å². The second-order valence-electron chi connectivity index (χ2n) is 5.83. The van der Waals surface area contributed by atoms with E-state index in [4.69, 9.17) is 5.73 Å². The van der Waals surface area contributed by atoms with E-state index in [2.05, 4.69) is 29.7 Å². The normalized spacial score (nSPS) is 28.3. The Kier molecular flexibility index (Phi) is 4.26. The SMILES string of the molecule is CCN(CC)C1CCN(CC(N)(C#N)C2CC2)C1. The molecule has 2 unspecified atom stereocenters. The quantitative estimate of drug-likeness (QED) is 0.765. The van der Waals surface area contributed by atoms with Crippen LogP contribution in [0.4, 0.5) is 0 Å². The molecule has 2 rings (SSSR count). The van der Waals surface area contributed by atoms with Crippen LogP contribution < -0.4 is 5.73 Å². The molecule has 0 spiro atoms. The van der Waals surface area contributed by atoms with Crippen molar-refractivity contribution in [3.05, 3.63) is 0 Å². The van der Waals surface area contributed by atoms with Crippen LogP contribution in [0.5, 0.6) is 0 Å². The molecule has 0 aromatic carbocycles. The first-order valence-corrected chi connectivity index (χ1v) is 7.29. The molecule has 0 aromatic heterocycles. The van der Waals surface area contributed by atoms with Crippen LogP contribution in [-0.4, -0.2) is 54.1 Å². The van der Waals surface area contributed by atoms with Gasteiger partial charge in [-0.1, -0.05) is 13.8 Å². The lowest BCUT2D eigenvalue weighted by molar-refractivity contribution is 0.199. The summed E-state index contributed by atoms with van der Waals surface area (Å²) in [5.41, 5.74) is 5.65. The number of nitriles is 1. The Morgan fingerprint density at radius 1 is 1.33 bits per heavy atom. The van der Waals surface area contributed by atoms with Gasteiger partial charge in [-0.25, -0.2) is 0 Å². The monoisotopic (exact) mass is 250 g/mol. The zero-order valence-electron chi connectivity index (χ0n) is 11.7. The second-order valence-corrected chi connectivity index (χ2v) is 5.83. The average Bonchev–Trinajstić information content (AvgIpc) is 3.14. The average molecular weight is 250 g/mol. The van der Waals surface area contributed by atoms with Crippen LogP contribution in [-0.2, 0) is 0 Å². The smallest absolute Gasteiger partial charge is 0.119 e. The van der Waals surface area contributed by atoms with Gasteiger partial charge in [-0.2, -0.15) is 5.26 Å². The van der Waals surface area contributed by atoms with Gasteiger partial charge in [0.25, 0.3) is 0 Å². The number of nitrogens with zero attached hydrogens (tertiary/aromatic N) is 3. The zero-order valence-corrected chi connectivity index (χ0v) is 11.7. The number of likely N-dealkylation sites (N-methyl/N-ethyl adjacent to an activating group) is 1. The molecule has 2 aliphatic rings. The Bertz CT molecular complexity index is 316. The maximum Gasteiger partial charge on any atom is 0.119 e. The molecule has 1 aliphatic heterocycles. The van der Waals surface area contributed by atoms with Crippen LogP contribution in [0.2, 0.25) is 0 Å². The largest absolute Gasteiger partial charge is 0.312 e. The van der Waals surface area contributed by atoms with Gasteiger partial charge < -0.3 is 5.73 Å². The van der Waals surface area contributed by atoms with Crippen molar-refractivity contribution in [1.82, 2.24) is 9.80 Å². The molecule has 1 heterocycles. The van der Waals surface area contributed by atoms with E-state index in [9.17, 15) is 5.26 Å². The molecule has 0 aromatic rings. The van der Waals surface area contributed by atoms with E-state index in [0.29, 0.717) is 12.0 Å². The van der Waals surface area contributed by atoms with Gasteiger partial charge in [0.2, 0.25) is 0 Å². The second kappa shape index (κ2) is 5.56. The highest BCUT2D eigenvalue weighted by atomic mass is 15.3. The summed E-state index contributed by atoms with van der Waals surface area (Å²) in [5.74, 6) is 0.440. The Balaban J connectivity index is 1.87. The van der Waals surface area contributed by atoms with Crippen molar-refractivity contribution in [1.29, 1.82) is 5.26 Å². The molecular weight excluding hydrogens is 224 g/mol. The summed E-state index contributed by atoms with van der Waals surface area (Å²) in [4.78, 5) is 4.91. The highest BCUT2D eigenvalue weighted by molar-refractivity contribution is 5.15. The predicted octanol–water partition coefficient (Wildman–Crippen LogP) is 1.03. The standard InChI is InChI=1S/C14H26N4/c1-3-18(4-2)13-7-8-17(9-13)11-14(16,10-15)12-5-6-12/h12-13H,3-9,11,16H2,1-2H3. The van der Waals surface area contributed by atoms with Crippen LogP contribution >= 0.6 is 0 Å². The van der Waals surface area contributed by atoms with Crippen LogP contribution in [0.25, 0.3) is 0 Å². The van der Waals surface area contributed by atoms with Gasteiger partial charge in [-0.3, -0.25) is 9.80 Å². The third-order valence-corrected chi connectivity index (χ3v) is 4.58. The van der Waals surface area contributed by atoms with Gasteiger partial charge >= 0.3 is 0 Å². The first-order chi connectivity index (χ1) is 8.62. The fourth-order valence-corrected chi connectivity index (χ4v) is 3.22. The Labute approximate surface area is 111 Å². The summed E-state index contributed by atoms with van der Waals surface area (Å²) >= 11 is 0. The van der Waals surface area contributed by atoms with Crippen molar-refractivity contribution in [2.75, 3.05) is 32.7 Å². The molecule has 4 heteroatoms. The molecule has 2 atom stereocenters.